The summed E-state index contributed by atoms with van der Waals surface area (Å²) in [6.45, 7) is 0.857. The molecule has 0 bridgehead atoms. The van der Waals surface area contributed by atoms with E-state index in [1.807, 2.05) is 0 Å². The van der Waals surface area contributed by atoms with Crippen LogP contribution >= 0.6 is 11.6 Å². The highest BCUT2D eigenvalue weighted by Crippen LogP contribution is 2.25. The molecule has 2 rings (SSSR count). The molecule has 4 nitrogen and oxygen atoms in total. The van der Waals surface area contributed by atoms with Crippen molar-refractivity contribution in [2.45, 2.75) is 25.7 Å². The van der Waals surface area contributed by atoms with Gasteiger partial charge in [0.25, 0.3) is 5.56 Å². The van der Waals surface area contributed by atoms with Gasteiger partial charge in [0, 0.05) is 6.54 Å². The van der Waals surface area contributed by atoms with Gasteiger partial charge >= 0.3 is 0 Å². The number of halogens is 1. The van der Waals surface area contributed by atoms with Crippen LogP contribution in [0.3, 0.4) is 0 Å². The lowest BCUT2D eigenvalue weighted by atomic mass is 10.1. The zero-order valence-electron chi connectivity index (χ0n) is 8.42. The van der Waals surface area contributed by atoms with Crippen molar-refractivity contribution in [3.63, 3.8) is 0 Å². The highest BCUT2D eigenvalue weighted by atomic mass is 35.5. The van der Waals surface area contributed by atoms with Crippen molar-refractivity contribution in [3.05, 3.63) is 21.7 Å². The van der Waals surface area contributed by atoms with Crippen molar-refractivity contribution in [2.75, 3.05) is 11.9 Å². The molecule has 1 fully saturated rings. The number of rotatable bonds is 3. The molecule has 1 aromatic heterocycles. The molecule has 0 unspecified atom stereocenters. The predicted molar refractivity (Wildman–Crippen MR) is 60.3 cm³/mol. The SMILES string of the molecule is O=c1[nH]cnc(NCC2CCCC2)c1Cl. The number of hydrogen-bond donors (Lipinski definition) is 2. The summed E-state index contributed by atoms with van der Waals surface area (Å²) in [5.74, 6) is 1.19. The second-order valence-corrected chi connectivity index (χ2v) is 4.30. The van der Waals surface area contributed by atoms with E-state index in [1.165, 1.54) is 32.0 Å². The maximum Gasteiger partial charge on any atom is 0.271 e. The second-order valence-electron chi connectivity index (χ2n) is 3.93. The van der Waals surface area contributed by atoms with E-state index in [0.717, 1.165) is 6.54 Å². The smallest absolute Gasteiger partial charge is 0.271 e. The molecule has 0 amide bonds. The lowest BCUT2D eigenvalue weighted by Gasteiger charge is -2.11. The monoisotopic (exact) mass is 227 g/mol. The lowest BCUT2D eigenvalue weighted by molar-refractivity contribution is 0.579. The Balaban J connectivity index is 1.98. The van der Waals surface area contributed by atoms with Crippen LogP contribution < -0.4 is 10.9 Å². The average molecular weight is 228 g/mol. The molecule has 1 aromatic rings. The van der Waals surface area contributed by atoms with E-state index in [2.05, 4.69) is 15.3 Å². The van der Waals surface area contributed by atoms with Gasteiger partial charge in [0.2, 0.25) is 0 Å². The third-order valence-corrected chi connectivity index (χ3v) is 3.18. The third-order valence-electron chi connectivity index (χ3n) is 2.83. The highest BCUT2D eigenvalue weighted by Gasteiger charge is 2.15. The zero-order valence-corrected chi connectivity index (χ0v) is 9.18. The first-order valence-corrected chi connectivity index (χ1v) is 5.62. The number of aromatic nitrogens is 2. The van der Waals surface area contributed by atoms with Crippen LogP contribution in [0.15, 0.2) is 11.1 Å². The molecular weight excluding hydrogens is 214 g/mol. The molecule has 1 aliphatic rings. The quantitative estimate of drug-likeness (QED) is 0.831. The van der Waals surface area contributed by atoms with Gasteiger partial charge in [0.05, 0.1) is 6.33 Å². The molecular formula is C10H14ClN3O. The average Bonchev–Trinajstić information content (AvgIpc) is 2.73. The van der Waals surface area contributed by atoms with Crippen molar-refractivity contribution in [1.82, 2.24) is 9.97 Å². The van der Waals surface area contributed by atoms with Crippen LogP contribution in [0, 0.1) is 5.92 Å². The van der Waals surface area contributed by atoms with Crippen LogP contribution in [0.25, 0.3) is 0 Å². The maximum atomic E-state index is 11.2. The first-order chi connectivity index (χ1) is 7.27. The molecule has 0 radical (unpaired) electrons. The van der Waals surface area contributed by atoms with Gasteiger partial charge in [-0.05, 0) is 18.8 Å². The maximum absolute atomic E-state index is 11.2. The molecule has 82 valence electrons. The number of hydrogen-bond acceptors (Lipinski definition) is 3. The van der Waals surface area contributed by atoms with Crippen LogP contribution in [-0.2, 0) is 0 Å². The Labute approximate surface area is 93.1 Å². The molecule has 1 heterocycles. The minimum Gasteiger partial charge on any atom is -0.368 e. The molecule has 0 aliphatic heterocycles. The second kappa shape index (κ2) is 4.66. The van der Waals surface area contributed by atoms with Crippen LogP contribution in [0.5, 0.6) is 0 Å². The van der Waals surface area contributed by atoms with E-state index in [-0.39, 0.29) is 10.6 Å². The summed E-state index contributed by atoms with van der Waals surface area (Å²) < 4.78 is 0. The van der Waals surface area contributed by atoms with Gasteiger partial charge in [0.1, 0.15) is 5.02 Å². The lowest BCUT2D eigenvalue weighted by Crippen LogP contribution is -2.16. The van der Waals surface area contributed by atoms with E-state index in [0.29, 0.717) is 11.7 Å². The Kier molecular flexibility index (Phi) is 3.26. The minimum absolute atomic E-state index is 0.149. The van der Waals surface area contributed by atoms with E-state index >= 15 is 0 Å². The summed E-state index contributed by atoms with van der Waals surface area (Å²) >= 11 is 5.81. The third kappa shape index (κ3) is 2.50. The molecule has 15 heavy (non-hydrogen) atoms. The van der Waals surface area contributed by atoms with Crippen LogP contribution in [0.4, 0.5) is 5.82 Å². The minimum atomic E-state index is -0.291. The van der Waals surface area contributed by atoms with Gasteiger partial charge in [-0.15, -0.1) is 0 Å². The summed E-state index contributed by atoms with van der Waals surface area (Å²) in [5.41, 5.74) is -0.291. The van der Waals surface area contributed by atoms with E-state index < -0.39 is 0 Å². The van der Waals surface area contributed by atoms with Gasteiger partial charge in [-0.25, -0.2) is 4.98 Å². The van der Waals surface area contributed by atoms with Gasteiger partial charge in [-0.1, -0.05) is 24.4 Å². The van der Waals surface area contributed by atoms with Crippen molar-refractivity contribution in [1.29, 1.82) is 0 Å². The van der Waals surface area contributed by atoms with E-state index in [1.54, 1.807) is 0 Å². The number of nitrogens with one attached hydrogen (secondary N) is 2. The molecule has 5 heteroatoms. The summed E-state index contributed by atoms with van der Waals surface area (Å²) in [6.07, 6.45) is 6.50. The Bertz CT molecular complexity index is 384. The van der Waals surface area contributed by atoms with Gasteiger partial charge in [-0.3, -0.25) is 4.79 Å². The highest BCUT2D eigenvalue weighted by molar-refractivity contribution is 6.32. The van der Waals surface area contributed by atoms with Gasteiger partial charge < -0.3 is 10.3 Å². The summed E-state index contributed by atoms with van der Waals surface area (Å²) in [4.78, 5) is 17.6. The fourth-order valence-electron chi connectivity index (χ4n) is 1.96. The van der Waals surface area contributed by atoms with E-state index in [4.69, 9.17) is 11.6 Å². The first-order valence-electron chi connectivity index (χ1n) is 5.24. The summed E-state index contributed by atoms with van der Waals surface area (Å²) in [7, 11) is 0. The molecule has 2 N–H and O–H groups in total. The standard InChI is InChI=1S/C10H14ClN3O/c11-8-9(13-6-14-10(8)15)12-5-7-3-1-2-4-7/h6-7H,1-5H2,(H2,12,13,14,15). The van der Waals surface area contributed by atoms with Crippen molar-refractivity contribution in [2.24, 2.45) is 5.92 Å². The largest absolute Gasteiger partial charge is 0.368 e. The normalized spacial score (nSPS) is 16.9. The Hall–Kier alpha value is -1.03. The first kappa shape index (κ1) is 10.5. The van der Waals surface area contributed by atoms with Gasteiger partial charge in [-0.2, -0.15) is 0 Å². The molecule has 0 saturated heterocycles. The molecule has 1 saturated carbocycles. The van der Waals surface area contributed by atoms with Crippen molar-refractivity contribution < 1.29 is 0 Å². The Morgan fingerprint density at radius 2 is 2.27 bits per heavy atom. The number of aromatic amines is 1. The van der Waals surface area contributed by atoms with Crippen molar-refractivity contribution >= 4 is 17.4 Å². The molecule has 0 atom stereocenters. The Morgan fingerprint density at radius 3 is 3.00 bits per heavy atom. The van der Waals surface area contributed by atoms with E-state index in [9.17, 15) is 4.79 Å². The number of H-pyrrole nitrogens is 1. The molecule has 0 aromatic carbocycles. The van der Waals surface area contributed by atoms with Crippen LogP contribution in [0.2, 0.25) is 5.02 Å². The summed E-state index contributed by atoms with van der Waals surface area (Å²) in [5, 5.41) is 3.28. The number of anilines is 1. The van der Waals surface area contributed by atoms with Crippen molar-refractivity contribution in [3.8, 4) is 0 Å². The number of nitrogens with zero attached hydrogens (tertiary/aromatic N) is 1. The van der Waals surface area contributed by atoms with Crippen LogP contribution in [0.1, 0.15) is 25.7 Å². The molecule has 0 spiro atoms. The summed E-state index contributed by atoms with van der Waals surface area (Å²) in [6, 6.07) is 0. The topological polar surface area (TPSA) is 57.8 Å². The predicted octanol–water partition coefficient (Wildman–Crippen LogP) is 2.03. The fourth-order valence-corrected chi connectivity index (χ4v) is 2.13. The molecule has 1 aliphatic carbocycles. The fraction of sp³-hybridized carbons (Fsp3) is 0.600. The van der Waals surface area contributed by atoms with Gasteiger partial charge in [0.15, 0.2) is 5.82 Å². The zero-order chi connectivity index (χ0) is 10.7. The Morgan fingerprint density at radius 1 is 1.53 bits per heavy atom. The van der Waals surface area contributed by atoms with Crippen LogP contribution in [-0.4, -0.2) is 16.5 Å².